The molecule has 4 rings (SSSR count). The third-order valence-electron chi connectivity index (χ3n) is 7.29. The number of thiol groups is 2. The fourth-order valence-electron chi connectivity index (χ4n) is 4.73. The molecule has 0 fully saturated rings. The van der Waals surface area contributed by atoms with Crippen LogP contribution in [-0.2, 0) is 10.4 Å². The van der Waals surface area contributed by atoms with E-state index in [-0.39, 0.29) is 10.5 Å². The Kier molecular flexibility index (Phi) is 18.3. The van der Waals surface area contributed by atoms with E-state index in [9.17, 15) is 0 Å². The number of hydrogen-bond acceptors (Lipinski definition) is 10. The molecular formula is C34H38Cl2N6O4S3. The first-order chi connectivity index (χ1) is 23.3. The predicted molar refractivity (Wildman–Crippen MR) is 204 cm³/mol. The summed E-state index contributed by atoms with van der Waals surface area (Å²) in [5.74, 6) is 0. The lowest BCUT2D eigenvalue weighted by Crippen LogP contribution is -2.24. The second-order valence-corrected chi connectivity index (χ2v) is 13.3. The van der Waals surface area contributed by atoms with Gasteiger partial charge in [-0.1, -0.05) is 83.9 Å². The van der Waals surface area contributed by atoms with Crippen molar-refractivity contribution < 1.29 is 17.5 Å². The number of nitrogens with zero attached hydrogens (tertiary/aromatic N) is 6. The van der Waals surface area contributed by atoms with Crippen LogP contribution in [0.3, 0.4) is 0 Å². The summed E-state index contributed by atoms with van der Waals surface area (Å²) in [6.07, 6.45) is 1.87. The van der Waals surface area contributed by atoms with Crippen molar-refractivity contribution in [1.82, 2.24) is 0 Å². The Labute approximate surface area is 309 Å². The molecule has 0 bridgehead atoms. The molecule has 0 spiro atoms. The summed E-state index contributed by atoms with van der Waals surface area (Å²) in [6, 6.07) is 31.5. The monoisotopic (exact) mass is 760 g/mol. The lowest BCUT2D eigenvalue weighted by molar-refractivity contribution is 0.352. The van der Waals surface area contributed by atoms with E-state index < -0.39 is 10.4 Å². The zero-order valence-electron chi connectivity index (χ0n) is 27.0. The highest BCUT2D eigenvalue weighted by Crippen LogP contribution is 2.32. The zero-order valence-corrected chi connectivity index (χ0v) is 31.1. The lowest BCUT2D eigenvalue weighted by atomic mass is 10.1. The maximum Gasteiger partial charge on any atom is 0.403 e. The maximum absolute atomic E-state index is 8.82. The molecule has 0 aliphatic carbocycles. The van der Waals surface area contributed by atoms with E-state index in [1.54, 1.807) is 12.1 Å². The van der Waals surface area contributed by atoms with Gasteiger partial charge in [0, 0.05) is 70.6 Å². The molecule has 0 saturated carbocycles. The molecule has 49 heavy (non-hydrogen) atoms. The minimum Gasteiger partial charge on any atom is -0.759 e. The third kappa shape index (κ3) is 15.3. The van der Waals surface area contributed by atoms with Crippen molar-refractivity contribution in [1.29, 1.82) is 10.8 Å². The van der Waals surface area contributed by atoms with Crippen molar-refractivity contribution in [3.63, 3.8) is 0 Å². The molecule has 0 aliphatic rings. The van der Waals surface area contributed by atoms with E-state index in [0.717, 1.165) is 50.4 Å². The van der Waals surface area contributed by atoms with Crippen LogP contribution in [0.1, 0.15) is 48.3 Å². The number of benzene rings is 4. The Balaban J connectivity index is 0.000000299. The van der Waals surface area contributed by atoms with Crippen LogP contribution in [0, 0.1) is 10.8 Å². The van der Waals surface area contributed by atoms with Crippen LogP contribution in [0.15, 0.2) is 97.1 Å². The Morgan fingerprint density at radius 2 is 1.00 bits per heavy atom. The van der Waals surface area contributed by atoms with Crippen LogP contribution in [0.4, 0.5) is 22.7 Å². The lowest BCUT2D eigenvalue weighted by Gasteiger charge is -2.24. The topological polar surface area (TPSA) is 143 Å². The van der Waals surface area contributed by atoms with E-state index in [1.165, 1.54) is 11.1 Å². The molecule has 4 aromatic rings. The zero-order chi connectivity index (χ0) is 36.4. The van der Waals surface area contributed by atoms with Crippen LogP contribution in [0.2, 0.25) is 10.0 Å². The molecule has 2 unspecified atom stereocenters. The summed E-state index contributed by atoms with van der Waals surface area (Å²) < 4.78 is 34.1. The van der Waals surface area contributed by atoms with Crippen LogP contribution in [-0.4, -0.2) is 43.7 Å². The standard InChI is InChI=1S/2C17H18ClN3S.H2O4S/c2*1-2-21(14-8-9-16(20-19)15(18)12-14)11-10-17(22)13-6-4-3-5-7-13;1-5(2,3)4/h2*3-9,12,17H,2,10-11H2,1H3;(H2,1,2,3,4). The summed E-state index contributed by atoms with van der Waals surface area (Å²) in [5, 5.41) is 19.0. The second kappa shape index (κ2) is 21.5. The summed E-state index contributed by atoms with van der Waals surface area (Å²) in [5.41, 5.74) is 5.28. The Morgan fingerprint density at radius 3 is 1.27 bits per heavy atom. The summed E-state index contributed by atoms with van der Waals surface area (Å²) in [7, 11) is -5.17. The van der Waals surface area contributed by atoms with Gasteiger partial charge in [0.05, 0.1) is 0 Å². The number of anilines is 2. The highest BCUT2D eigenvalue weighted by molar-refractivity contribution is 7.80. The van der Waals surface area contributed by atoms with Crippen molar-refractivity contribution in [2.75, 3.05) is 36.0 Å². The molecule has 10 nitrogen and oxygen atoms in total. The minimum atomic E-state index is -5.17. The average Bonchev–Trinajstić information content (AvgIpc) is 3.09. The quantitative estimate of drug-likeness (QED) is 0.0629. The van der Waals surface area contributed by atoms with Gasteiger partial charge < -0.3 is 18.9 Å². The van der Waals surface area contributed by atoms with Gasteiger partial charge in [-0.2, -0.15) is 25.3 Å². The summed E-state index contributed by atoms with van der Waals surface area (Å²) in [4.78, 5) is 10.8. The van der Waals surface area contributed by atoms with Crippen molar-refractivity contribution >= 4 is 81.6 Å². The highest BCUT2D eigenvalue weighted by atomic mass is 35.5. The van der Waals surface area contributed by atoms with Gasteiger partial charge in [0.25, 0.3) is 0 Å². The summed E-state index contributed by atoms with van der Waals surface area (Å²) in [6.45, 7) is 7.72. The predicted octanol–water partition coefficient (Wildman–Crippen LogP) is 10.1. The first kappa shape index (κ1) is 41.6. The van der Waals surface area contributed by atoms with E-state index >= 15 is 0 Å². The van der Waals surface area contributed by atoms with Gasteiger partial charge >= 0.3 is 11.4 Å². The smallest absolute Gasteiger partial charge is 0.403 e. The molecule has 2 atom stereocenters. The molecule has 0 aliphatic heterocycles. The molecule has 260 valence electrons. The van der Waals surface area contributed by atoms with E-state index in [1.807, 2.05) is 60.7 Å². The molecule has 0 heterocycles. The molecule has 0 amide bonds. The summed E-state index contributed by atoms with van der Waals surface area (Å²) >= 11 is 21.6. The molecule has 0 radical (unpaired) electrons. The van der Waals surface area contributed by atoms with Crippen molar-refractivity contribution in [2.45, 2.75) is 37.2 Å². The number of diazo groups is 2. The van der Waals surface area contributed by atoms with Gasteiger partial charge in [-0.25, -0.2) is 0 Å². The van der Waals surface area contributed by atoms with Crippen molar-refractivity contribution in [3.8, 4) is 0 Å². The van der Waals surface area contributed by atoms with Crippen LogP contribution < -0.4 is 9.80 Å². The number of hydrogen-bond donors (Lipinski definition) is 2. The highest BCUT2D eigenvalue weighted by Gasteiger charge is 2.17. The minimum absolute atomic E-state index is 0.206. The molecule has 0 saturated heterocycles. The van der Waals surface area contributed by atoms with E-state index in [2.05, 4.69) is 57.9 Å². The van der Waals surface area contributed by atoms with Crippen molar-refractivity contribution in [3.05, 3.63) is 128 Å². The number of halogens is 2. The van der Waals surface area contributed by atoms with E-state index in [0.29, 0.717) is 21.4 Å². The fraction of sp³-hybridized carbons (Fsp3) is 0.294. The SMILES string of the molecule is CCN(CCC(S)c1ccccc1)c1ccc([N+]#N)c(Cl)c1.CCN(CCC(S)c1ccccc1)c1ccc([N+]#N)c(Cl)c1.O=S(=O)([O-])[O-]. The van der Waals surface area contributed by atoms with Crippen LogP contribution >= 0.6 is 48.5 Å². The fourth-order valence-corrected chi connectivity index (χ4v) is 5.73. The maximum atomic E-state index is 8.82. The molecular weight excluding hydrogens is 724 g/mol. The first-order valence-corrected chi connectivity index (χ1v) is 18.3. The average molecular weight is 762 g/mol. The third-order valence-corrected chi connectivity index (χ3v) is 9.00. The molecule has 0 aromatic heterocycles. The van der Waals surface area contributed by atoms with Gasteiger partial charge in [0.15, 0.2) is 9.95 Å². The van der Waals surface area contributed by atoms with Crippen LogP contribution in [0.5, 0.6) is 0 Å². The largest absolute Gasteiger partial charge is 0.759 e. The van der Waals surface area contributed by atoms with Gasteiger partial charge in [0.1, 0.15) is 10.0 Å². The second-order valence-electron chi connectivity index (χ2n) is 10.5. The molecule has 4 aromatic carbocycles. The Morgan fingerprint density at radius 1 is 0.673 bits per heavy atom. The first-order valence-electron chi connectivity index (χ1n) is 15.2. The van der Waals surface area contributed by atoms with Crippen LogP contribution in [0.25, 0.3) is 9.95 Å². The molecule has 0 N–H and O–H groups in total. The van der Waals surface area contributed by atoms with Gasteiger partial charge in [-0.05, 0) is 62.1 Å². The van der Waals surface area contributed by atoms with Gasteiger partial charge in [-0.15, -0.1) is 0 Å². The van der Waals surface area contributed by atoms with E-state index in [4.69, 9.17) is 76.8 Å². The Hall–Kier alpha value is -3.53. The van der Waals surface area contributed by atoms with Gasteiger partial charge in [-0.3, -0.25) is 8.42 Å². The normalized spacial score (nSPS) is 11.7. The Bertz CT molecular complexity index is 1670. The number of rotatable bonds is 12. The van der Waals surface area contributed by atoms with Crippen molar-refractivity contribution in [2.24, 2.45) is 0 Å². The van der Waals surface area contributed by atoms with Gasteiger partial charge in [0.2, 0.25) is 10.8 Å². The molecule has 15 heteroatoms.